The summed E-state index contributed by atoms with van der Waals surface area (Å²) in [7, 11) is 3.29. The van der Waals surface area contributed by atoms with Crippen LogP contribution in [-0.4, -0.2) is 25.4 Å². The predicted octanol–water partition coefficient (Wildman–Crippen LogP) is 2.19. The van der Waals surface area contributed by atoms with Gasteiger partial charge in [0.1, 0.15) is 11.5 Å². The number of aryl methyl sites for hydroxylation is 1. The van der Waals surface area contributed by atoms with Crippen LogP contribution in [0.25, 0.3) is 0 Å². The number of methoxy groups -OCH3 is 2. The molecular weight excluding hydrogens is 204 g/mol. The van der Waals surface area contributed by atoms with Crippen LogP contribution in [-0.2, 0) is 12.8 Å². The van der Waals surface area contributed by atoms with Gasteiger partial charge in [-0.15, -0.1) is 0 Å². The van der Waals surface area contributed by atoms with E-state index in [-0.39, 0.29) is 6.10 Å². The lowest BCUT2D eigenvalue weighted by Gasteiger charge is -2.15. The van der Waals surface area contributed by atoms with Gasteiger partial charge < -0.3 is 14.6 Å². The van der Waals surface area contributed by atoms with Gasteiger partial charge in [-0.3, -0.25) is 0 Å². The van der Waals surface area contributed by atoms with E-state index in [0.29, 0.717) is 6.42 Å². The summed E-state index contributed by atoms with van der Waals surface area (Å²) < 4.78 is 10.6. The number of benzene rings is 1. The molecule has 0 radical (unpaired) electrons. The molecule has 1 aromatic carbocycles. The van der Waals surface area contributed by atoms with Gasteiger partial charge in [-0.25, -0.2) is 0 Å². The van der Waals surface area contributed by atoms with Crippen molar-refractivity contribution in [2.75, 3.05) is 14.2 Å². The normalized spacial score (nSPS) is 12.3. The smallest absolute Gasteiger partial charge is 0.125 e. The lowest BCUT2D eigenvalue weighted by Crippen LogP contribution is -2.07. The summed E-state index contributed by atoms with van der Waals surface area (Å²) in [6.45, 7) is 3.85. The molecule has 0 spiro atoms. The minimum absolute atomic E-state index is 0.369. The average molecular weight is 224 g/mol. The summed E-state index contributed by atoms with van der Waals surface area (Å²) in [6, 6.07) is 3.93. The Kier molecular flexibility index (Phi) is 4.62. The molecule has 1 aromatic rings. The lowest BCUT2D eigenvalue weighted by molar-refractivity contribution is 0.194. The Morgan fingerprint density at radius 3 is 2.12 bits per heavy atom. The highest BCUT2D eigenvalue weighted by Crippen LogP contribution is 2.30. The van der Waals surface area contributed by atoms with Crippen LogP contribution in [0.3, 0.4) is 0 Å². The Balaban J connectivity index is 3.15. The molecular formula is C13H20O3. The van der Waals surface area contributed by atoms with E-state index in [9.17, 15) is 5.11 Å². The fourth-order valence-electron chi connectivity index (χ4n) is 1.79. The minimum atomic E-state index is -0.369. The van der Waals surface area contributed by atoms with E-state index in [4.69, 9.17) is 9.47 Å². The number of hydrogen-bond acceptors (Lipinski definition) is 3. The first-order valence-electron chi connectivity index (χ1n) is 5.54. The molecule has 0 heterocycles. The van der Waals surface area contributed by atoms with Crippen molar-refractivity contribution in [1.29, 1.82) is 0 Å². The molecule has 90 valence electrons. The van der Waals surface area contributed by atoms with Gasteiger partial charge in [-0.1, -0.05) is 6.92 Å². The van der Waals surface area contributed by atoms with Gasteiger partial charge in [0.25, 0.3) is 0 Å². The van der Waals surface area contributed by atoms with Crippen LogP contribution in [0.2, 0.25) is 0 Å². The Morgan fingerprint density at radius 1 is 1.12 bits per heavy atom. The Bertz CT molecular complexity index is 345. The van der Waals surface area contributed by atoms with Gasteiger partial charge in [0.15, 0.2) is 0 Å². The average Bonchev–Trinajstić information content (AvgIpc) is 2.27. The maximum absolute atomic E-state index is 9.43. The highest BCUT2D eigenvalue weighted by atomic mass is 16.5. The summed E-state index contributed by atoms with van der Waals surface area (Å²) in [6.07, 6.45) is 1.13. The van der Waals surface area contributed by atoms with Gasteiger partial charge >= 0.3 is 0 Å². The van der Waals surface area contributed by atoms with Crippen LogP contribution in [0, 0.1) is 0 Å². The summed E-state index contributed by atoms with van der Waals surface area (Å²) in [5, 5.41) is 9.43. The molecule has 1 unspecified atom stereocenters. The quantitative estimate of drug-likeness (QED) is 0.833. The van der Waals surface area contributed by atoms with Crippen LogP contribution in [0.5, 0.6) is 11.5 Å². The molecule has 1 N–H and O–H groups in total. The monoisotopic (exact) mass is 224 g/mol. The third-order valence-corrected chi connectivity index (χ3v) is 2.58. The summed E-state index contributed by atoms with van der Waals surface area (Å²) in [5.41, 5.74) is 2.16. The molecule has 16 heavy (non-hydrogen) atoms. The summed E-state index contributed by atoms with van der Waals surface area (Å²) in [5.74, 6) is 1.61. The predicted molar refractivity (Wildman–Crippen MR) is 64.3 cm³/mol. The van der Waals surface area contributed by atoms with Gasteiger partial charge in [-0.05, 0) is 30.5 Å². The van der Waals surface area contributed by atoms with E-state index in [0.717, 1.165) is 29.0 Å². The Morgan fingerprint density at radius 2 is 1.69 bits per heavy atom. The zero-order valence-electron chi connectivity index (χ0n) is 10.4. The molecule has 0 aliphatic rings. The Labute approximate surface area is 97.0 Å². The number of aliphatic hydroxyl groups is 1. The second-order valence-corrected chi connectivity index (χ2v) is 3.88. The molecule has 0 aliphatic heterocycles. The maximum Gasteiger partial charge on any atom is 0.125 e. The topological polar surface area (TPSA) is 38.7 Å². The molecule has 0 fully saturated rings. The molecule has 0 saturated carbocycles. The first-order chi connectivity index (χ1) is 7.62. The van der Waals surface area contributed by atoms with Crippen molar-refractivity contribution in [1.82, 2.24) is 0 Å². The zero-order valence-corrected chi connectivity index (χ0v) is 10.4. The van der Waals surface area contributed by atoms with Crippen LogP contribution in [0.1, 0.15) is 25.0 Å². The van der Waals surface area contributed by atoms with Crippen molar-refractivity contribution in [2.24, 2.45) is 0 Å². The molecule has 0 saturated heterocycles. The third kappa shape index (κ3) is 2.89. The molecule has 1 atom stereocenters. The highest BCUT2D eigenvalue weighted by Gasteiger charge is 2.11. The first-order valence-corrected chi connectivity index (χ1v) is 5.54. The molecule has 1 rings (SSSR count). The van der Waals surface area contributed by atoms with Gasteiger partial charge in [0.05, 0.1) is 20.3 Å². The van der Waals surface area contributed by atoms with E-state index < -0.39 is 0 Å². The van der Waals surface area contributed by atoms with Crippen LogP contribution in [0.15, 0.2) is 12.1 Å². The van der Waals surface area contributed by atoms with Crippen molar-refractivity contribution in [3.8, 4) is 11.5 Å². The Hall–Kier alpha value is -1.22. The number of ether oxygens (including phenoxy) is 2. The van der Waals surface area contributed by atoms with Crippen molar-refractivity contribution in [3.05, 3.63) is 23.3 Å². The van der Waals surface area contributed by atoms with Crippen LogP contribution >= 0.6 is 0 Å². The van der Waals surface area contributed by atoms with Crippen molar-refractivity contribution in [3.63, 3.8) is 0 Å². The third-order valence-electron chi connectivity index (χ3n) is 2.58. The summed E-state index contributed by atoms with van der Waals surface area (Å²) >= 11 is 0. The van der Waals surface area contributed by atoms with E-state index in [1.165, 1.54) is 0 Å². The van der Waals surface area contributed by atoms with Crippen LogP contribution in [0.4, 0.5) is 0 Å². The van der Waals surface area contributed by atoms with E-state index in [1.807, 2.05) is 12.1 Å². The fraction of sp³-hybridized carbons (Fsp3) is 0.538. The highest BCUT2D eigenvalue weighted by molar-refractivity contribution is 5.47. The van der Waals surface area contributed by atoms with Crippen molar-refractivity contribution >= 4 is 0 Å². The minimum Gasteiger partial charge on any atom is -0.496 e. The fourth-order valence-corrected chi connectivity index (χ4v) is 1.79. The second-order valence-electron chi connectivity index (χ2n) is 3.88. The van der Waals surface area contributed by atoms with Crippen LogP contribution < -0.4 is 9.47 Å². The second kappa shape index (κ2) is 5.75. The van der Waals surface area contributed by atoms with E-state index >= 15 is 0 Å². The standard InChI is InChI=1S/C13H20O3/c1-5-10-7-11(6-9(2)14)13(16-4)8-12(10)15-3/h7-9,14H,5-6H2,1-4H3. The van der Waals surface area contributed by atoms with E-state index in [1.54, 1.807) is 21.1 Å². The SMILES string of the molecule is CCc1cc(CC(C)O)c(OC)cc1OC. The summed E-state index contributed by atoms with van der Waals surface area (Å²) in [4.78, 5) is 0. The lowest BCUT2D eigenvalue weighted by atomic mass is 10.0. The number of rotatable bonds is 5. The number of hydrogen-bond donors (Lipinski definition) is 1. The first kappa shape index (κ1) is 12.8. The van der Waals surface area contributed by atoms with Crippen molar-refractivity contribution in [2.45, 2.75) is 32.8 Å². The van der Waals surface area contributed by atoms with Gasteiger partial charge in [0.2, 0.25) is 0 Å². The zero-order chi connectivity index (χ0) is 12.1. The van der Waals surface area contributed by atoms with Crippen molar-refractivity contribution < 1.29 is 14.6 Å². The molecule has 0 aliphatic carbocycles. The van der Waals surface area contributed by atoms with Gasteiger partial charge in [0, 0.05) is 12.5 Å². The molecule has 0 bridgehead atoms. The maximum atomic E-state index is 9.43. The number of aliphatic hydroxyl groups excluding tert-OH is 1. The van der Waals surface area contributed by atoms with Gasteiger partial charge in [-0.2, -0.15) is 0 Å². The van der Waals surface area contributed by atoms with E-state index in [2.05, 4.69) is 6.92 Å². The molecule has 0 amide bonds. The molecule has 0 aromatic heterocycles. The molecule has 3 nitrogen and oxygen atoms in total. The largest absolute Gasteiger partial charge is 0.496 e. The molecule has 3 heteroatoms.